The van der Waals surface area contributed by atoms with Crippen molar-refractivity contribution >= 4 is 17.3 Å². The fraction of sp³-hybridized carbons (Fsp3) is 0.125. The van der Waals surface area contributed by atoms with Gasteiger partial charge in [0.15, 0.2) is 0 Å². The van der Waals surface area contributed by atoms with Gasteiger partial charge in [0.1, 0.15) is 5.75 Å². The van der Waals surface area contributed by atoms with Gasteiger partial charge >= 0.3 is 0 Å². The van der Waals surface area contributed by atoms with Crippen LogP contribution in [0.25, 0.3) is 0 Å². The van der Waals surface area contributed by atoms with Gasteiger partial charge in [-0.1, -0.05) is 0 Å². The first-order chi connectivity index (χ1) is 11.0. The molecule has 2 rings (SSSR count). The lowest BCUT2D eigenvalue weighted by atomic mass is 10.1. The molecule has 0 atom stereocenters. The maximum atomic E-state index is 12.0. The Balaban J connectivity index is 2.05. The van der Waals surface area contributed by atoms with Gasteiger partial charge in [0.25, 0.3) is 11.6 Å². The molecular formula is C16H15N3O4. The van der Waals surface area contributed by atoms with Gasteiger partial charge < -0.3 is 4.74 Å². The summed E-state index contributed by atoms with van der Waals surface area (Å²) in [6, 6.07) is 12.6. The molecule has 7 heteroatoms. The van der Waals surface area contributed by atoms with Crippen molar-refractivity contribution in [3.63, 3.8) is 0 Å². The molecule has 1 amide bonds. The van der Waals surface area contributed by atoms with Gasteiger partial charge in [-0.15, -0.1) is 0 Å². The van der Waals surface area contributed by atoms with Crippen LogP contribution in [-0.2, 0) is 0 Å². The van der Waals surface area contributed by atoms with E-state index in [1.807, 2.05) is 12.1 Å². The number of nitro groups is 1. The number of carbonyl (C=O) groups is 1. The van der Waals surface area contributed by atoms with Crippen molar-refractivity contribution < 1.29 is 14.5 Å². The number of hydrogen-bond acceptors (Lipinski definition) is 5. The molecule has 0 unspecified atom stereocenters. The van der Waals surface area contributed by atoms with Gasteiger partial charge in [0.2, 0.25) is 0 Å². The van der Waals surface area contributed by atoms with Gasteiger partial charge in [0, 0.05) is 17.7 Å². The average molecular weight is 313 g/mol. The highest BCUT2D eigenvalue weighted by Gasteiger charge is 2.09. The monoisotopic (exact) mass is 313 g/mol. The number of carbonyl (C=O) groups excluding carboxylic acids is 1. The molecule has 0 heterocycles. The molecule has 0 spiro atoms. The molecule has 0 bridgehead atoms. The Kier molecular flexibility index (Phi) is 5.03. The third kappa shape index (κ3) is 4.13. The van der Waals surface area contributed by atoms with Crippen LogP contribution >= 0.6 is 0 Å². The standard InChI is InChI=1S/C16H15N3O4/c1-11(12-5-9-15(23-2)10-6-12)17-18-16(20)13-3-7-14(8-4-13)19(21)22/h3-10H,1-2H3,(H,18,20). The minimum atomic E-state index is -0.520. The van der Waals surface area contributed by atoms with E-state index in [0.717, 1.165) is 11.3 Å². The second-order valence-electron chi connectivity index (χ2n) is 4.67. The van der Waals surface area contributed by atoms with Gasteiger partial charge in [-0.2, -0.15) is 5.10 Å². The Morgan fingerprint density at radius 2 is 1.65 bits per heavy atom. The molecule has 2 aromatic rings. The Labute approximate surface area is 132 Å². The number of hydrogen-bond donors (Lipinski definition) is 1. The van der Waals surface area contributed by atoms with E-state index in [1.165, 1.54) is 24.3 Å². The zero-order valence-electron chi connectivity index (χ0n) is 12.6. The summed E-state index contributed by atoms with van der Waals surface area (Å²) in [5.74, 6) is 0.296. The summed E-state index contributed by atoms with van der Waals surface area (Å²) in [5.41, 5.74) is 4.12. The highest BCUT2D eigenvalue weighted by Crippen LogP contribution is 2.13. The summed E-state index contributed by atoms with van der Waals surface area (Å²) in [5, 5.41) is 14.6. The lowest BCUT2D eigenvalue weighted by Crippen LogP contribution is -2.19. The highest BCUT2D eigenvalue weighted by atomic mass is 16.6. The number of nitrogens with zero attached hydrogens (tertiary/aromatic N) is 2. The molecule has 118 valence electrons. The largest absolute Gasteiger partial charge is 0.497 e. The molecular weight excluding hydrogens is 298 g/mol. The molecule has 0 aliphatic rings. The van der Waals surface area contributed by atoms with Crippen LogP contribution in [0.4, 0.5) is 5.69 Å². The third-order valence-corrected chi connectivity index (χ3v) is 3.17. The lowest BCUT2D eigenvalue weighted by Gasteiger charge is -2.04. The van der Waals surface area contributed by atoms with Gasteiger partial charge in [-0.25, -0.2) is 5.43 Å². The van der Waals surface area contributed by atoms with E-state index in [9.17, 15) is 14.9 Å². The first kappa shape index (κ1) is 16.2. The number of hydrazone groups is 1. The third-order valence-electron chi connectivity index (χ3n) is 3.17. The minimum Gasteiger partial charge on any atom is -0.497 e. The summed E-state index contributed by atoms with van der Waals surface area (Å²) in [6.07, 6.45) is 0. The molecule has 0 radical (unpaired) electrons. The van der Waals surface area contributed by atoms with E-state index in [0.29, 0.717) is 11.3 Å². The van der Waals surface area contributed by atoms with Gasteiger partial charge in [-0.3, -0.25) is 14.9 Å². The van der Waals surface area contributed by atoms with Crippen molar-refractivity contribution in [2.45, 2.75) is 6.92 Å². The van der Waals surface area contributed by atoms with Crippen LogP contribution in [0.1, 0.15) is 22.8 Å². The molecule has 1 N–H and O–H groups in total. The predicted molar refractivity (Wildman–Crippen MR) is 85.8 cm³/mol. The van der Waals surface area contributed by atoms with Crippen LogP contribution in [-0.4, -0.2) is 23.7 Å². The summed E-state index contributed by atoms with van der Waals surface area (Å²) < 4.78 is 5.07. The molecule has 0 aromatic heterocycles. The number of benzene rings is 2. The fourth-order valence-corrected chi connectivity index (χ4v) is 1.83. The topological polar surface area (TPSA) is 93.8 Å². The van der Waals surface area contributed by atoms with Crippen molar-refractivity contribution in [2.24, 2.45) is 5.10 Å². The number of nitro benzene ring substituents is 1. The maximum absolute atomic E-state index is 12.0. The number of ether oxygens (including phenoxy) is 1. The second-order valence-corrected chi connectivity index (χ2v) is 4.67. The summed E-state index contributed by atoms with van der Waals surface area (Å²) in [6.45, 7) is 1.76. The van der Waals surface area contributed by atoms with Crippen molar-refractivity contribution in [1.29, 1.82) is 0 Å². The molecule has 0 aliphatic heterocycles. The van der Waals surface area contributed by atoms with Crippen molar-refractivity contribution in [3.8, 4) is 5.75 Å². The molecule has 23 heavy (non-hydrogen) atoms. The van der Waals surface area contributed by atoms with E-state index in [2.05, 4.69) is 10.5 Å². The van der Waals surface area contributed by atoms with Crippen LogP contribution in [0, 0.1) is 10.1 Å². The van der Waals surface area contributed by atoms with Crippen molar-refractivity contribution in [2.75, 3.05) is 7.11 Å². The molecule has 7 nitrogen and oxygen atoms in total. The van der Waals surface area contributed by atoms with Crippen molar-refractivity contribution in [1.82, 2.24) is 5.43 Å². The SMILES string of the molecule is COc1ccc(C(C)=NNC(=O)c2ccc([N+](=O)[O-])cc2)cc1. The molecule has 0 fully saturated rings. The van der Waals surface area contributed by atoms with Crippen LogP contribution in [0.2, 0.25) is 0 Å². The summed E-state index contributed by atoms with van der Waals surface area (Å²) >= 11 is 0. The quantitative estimate of drug-likeness (QED) is 0.521. The average Bonchev–Trinajstić information content (AvgIpc) is 2.59. The summed E-state index contributed by atoms with van der Waals surface area (Å²) in [4.78, 5) is 22.0. The fourth-order valence-electron chi connectivity index (χ4n) is 1.83. The predicted octanol–water partition coefficient (Wildman–Crippen LogP) is 2.76. The molecule has 0 aliphatic carbocycles. The highest BCUT2D eigenvalue weighted by molar-refractivity contribution is 6.00. The number of rotatable bonds is 5. The summed E-state index contributed by atoms with van der Waals surface area (Å²) in [7, 11) is 1.58. The van der Waals surface area contributed by atoms with E-state index in [-0.39, 0.29) is 5.69 Å². The van der Waals surface area contributed by atoms with Crippen molar-refractivity contribution in [3.05, 3.63) is 69.8 Å². The number of amides is 1. The molecule has 0 saturated heterocycles. The first-order valence-corrected chi connectivity index (χ1v) is 6.75. The minimum absolute atomic E-state index is 0.0699. The Morgan fingerprint density at radius 1 is 1.09 bits per heavy atom. The molecule has 0 saturated carbocycles. The zero-order valence-corrected chi connectivity index (χ0v) is 12.6. The lowest BCUT2D eigenvalue weighted by molar-refractivity contribution is -0.384. The first-order valence-electron chi connectivity index (χ1n) is 6.75. The Bertz CT molecular complexity index is 737. The van der Waals surface area contributed by atoms with Crippen LogP contribution in [0.15, 0.2) is 53.6 Å². The van der Waals surface area contributed by atoms with Gasteiger partial charge in [0.05, 0.1) is 17.7 Å². The van der Waals surface area contributed by atoms with Crippen LogP contribution in [0.5, 0.6) is 5.75 Å². The van der Waals surface area contributed by atoms with Crippen LogP contribution < -0.4 is 10.2 Å². The number of non-ortho nitro benzene ring substituents is 1. The normalized spacial score (nSPS) is 11.0. The number of methoxy groups -OCH3 is 1. The zero-order chi connectivity index (χ0) is 16.8. The maximum Gasteiger partial charge on any atom is 0.271 e. The van der Waals surface area contributed by atoms with E-state index < -0.39 is 10.8 Å². The van der Waals surface area contributed by atoms with E-state index >= 15 is 0 Å². The van der Waals surface area contributed by atoms with E-state index in [1.54, 1.807) is 26.2 Å². The van der Waals surface area contributed by atoms with Gasteiger partial charge in [-0.05, 0) is 48.9 Å². The Morgan fingerprint density at radius 3 is 2.17 bits per heavy atom. The smallest absolute Gasteiger partial charge is 0.271 e. The van der Waals surface area contributed by atoms with E-state index in [4.69, 9.17) is 4.74 Å². The number of nitrogens with one attached hydrogen (secondary N) is 1. The Hall–Kier alpha value is -3.22. The molecule has 2 aromatic carbocycles. The van der Waals surface area contributed by atoms with Crippen LogP contribution in [0.3, 0.4) is 0 Å². The second kappa shape index (κ2) is 7.17.